The van der Waals surface area contributed by atoms with Crippen molar-refractivity contribution < 1.29 is 4.79 Å². The molecular formula is C14H20N6OS. The first kappa shape index (κ1) is 15.1. The molecule has 0 radical (unpaired) electrons. The van der Waals surface area contributed by atoms with Crippen LogP contribution in [0.25, 0.3) is 0 Å². The monoisotopic (exact) mass is 320 g/mol. The summed E-state index contributed by atoms with van der Waals surface area (Å²) in [6.07, 6.45) is 4.54. The first-order chi connectivity index (χ1) is 10.7. The van der Waals surface area contributed by atoms with Gasteiger partial charge >= 0.3 is 0 Å². The molecule has 3 rings (SSSR count). The summed E-state index contributed by atoms with van der Waals surface area (Å²) in [5.41, 5.74) is 3.04. The number of aryl methyl sites for hydroxylation is 1. The molecule has 1 saturated heterocycles. The van der Waals surface area contributed by atoms with E-state index in [1.165, 1.54) is 24.6 Å². The average molecular weight is 320 g/mol. The Morgan fingerprint density at radius 1 is 1.14 bits per heavy atom. The second kappa shape index (κ2) is 6.51. The summed E-state index contributed by atoms with van der Waals surface area (Å²) in [5, 5.41) is 8.24. The minimum atomic E-state index is -0.00113. The van der Waals surface area contributed by atoms with Gasteiger partial charge < -0.3 is 4.90 Å². The van der Waals surface area contributed by atoms with Crippen LogP contribution in [-0.4, -0.2) is 47.6 Å². The third kappa shape index (κ3) is 3.01. The predicted molar refractivity (Wildman–Crippen MR) is 82.9 cm³/mol. The number of amides is 1. The van der Waals surface area contributed by atoms with Gasteiger partial charge in [-0.1, -0.05) is 18.1 Å². The maximum atomic E-state index is 12.6. The Morgan fingerprint density at radius 3 is 2.50 bits per heavy atom. The Balaban J connectivity index is 1.77. The molecule has 0 N–H and O–H groups in total. The lowest BCUT2D eigenvalue weighted by atomic mass is 10.2. The molecule has 0 unspecified atom stereocenters. The van der Waals surface area contributed by atoms with E-state index in [1.807, 2.05) is 18.7 Å². The van der Waals surface area contributed by atoms with E-state index in [4.69, 9.17) is 0 Å². The number of nitrogens with zero attached hydrogens (tertiary/aromatic N) is 6. The molecule has 3 heterocycles. The number of carbonyl (C=O) groups excluding carboxylic acids is 1. The molecule has 0 saturated carbocycles. The number of carbonyl (C=O) groups is 1. The van der Waals surface area contributed by atoms with E-state index in [0.717, 1.165) is 43.0 Å². The normalized spacial score (nSPS) is 15.8. The molecule has 2 aromatic heterocycles. The van der Waals surface area contributed by atoms with Gasteiger partial charge in [0.15, 0.2) is 5.69 Å². The number of hydrogen-bond donors (Lipinski definition) is 0. The molecule has 1 amide bonds. The minimum Gasteiger partial charge on any atom is -0.337 e. The molecule has 0 spiro atoms. The zero-order chi connectivity index (χ0) is 15.5. The smallest absolute Gasteiger partial charge is 0.276 e. The summed E-state index contributed by atoms with van der Waals surface area (Å²) in [5.74, 6) is -0.00113. The summed E-state index contributed by atoms with van der Waals surface area (Å²) in [6, 6.07) is 0. The molecule has 0 atom stereocenters. The van der Waals surface area contributed by atoms with E-state index in [9.17, 15) is 4.79 Å². The quantitative estimate of drug-likeness (QED) is 0.862. The van der Waals surface area contributed by atoms with Crippen LogP contribution < -0.4 is 0 Å². The molecule has 1 fully saturated rings. The van der Waals surface area contributed by atoms with Crippen molar-refractivity contribution in [3.05, 3.63) is 22.8 Å². The summed E-state index contributed by atoms with van der Waals surface area (Å²) in [6.45, 7) is 5.96. The summed E-state index contributed by atoms with van der Waals surface area (Å²) in [4.78, 5) is 14.5. The maximum Gasteiger partial charge on any atom is 0.276 e. The first-order valence-corrected chi connectivity index (χ1v) is 8.37. The van der Waals surface area contributed by atoms with E-state index in [1.54, 1.807) is 4.68 Å². The van der Waals surface area contributed by atoms with Crippen LogP contribution in [0.2, 0.25) is 0 Å². The Labute approximate surface area is 133 Å². The van der Waals surface area contributed by atoms with E-state index >= 15 is 0 Å². The van der Waals surface area contributed by atoms with Crippen LogP contribution in [0.4, 0.5) is 0 Å². The zero-order valence-corrected chi connectivity index (χ0v) is 13.8. The lowest BCUT2D eigenvalue weighted by Gasteiger charge is -2.19. The Bertz CT molecular complexity index is 656. The average Bonchev–Trinajstić information content (AvgIpc) is 2.96. The van der Waals surface area contributed by atoms with Crippen molar-refractivity contribution in [1.29, 1.82) is 0 Å². The standard InChI is InChI=1S/C14H20N6OS/c1-10-12(17-22-16-10)9-20-11(2)13(15-18-20)14(21)19-7-5-3-4-6-8-19/h3-9H2,1-2H3. The van der Waals surface area contributed by atoms with E-state index in [2.05, 4.69) is 19.1 Å². The van der Waals surface area contributed by atoms with Gasteiger partial charge in [-0.05, 0) is 26.7 Å². The van der Waals surface area contributed by atoms with Crippen LogP contribution in [0, 0.1) is 13.8 Å². The van der Waals surface area contributed by atoms with E-state index in [-0.39, 0.29) is 5.91 Å². The lowest BCUT2D eigenvalue weighted by Crippen LogP contribution is -2.32. The highest BCUT2D eigenvalue weighted by molar-refractivity contribution is 6.99. The highest BCUT2D eigenvalue weighted by Crippen LogP contribution is 2.15. The van der Waals surface area contributed by atoms with Crippen molar-refractivity contribution >= 4 is 17.6 Å². The van der Waals surface area contributed by atoms with Crippen molar-refractivity contribution in [2.45, 2.75) is 46.1 Å². The minimum absolute atomic E-state index is 0.00113. The number of hydrogen-bond acceptors (Lipinski definition) is 6. The topological polar surface area (TPSA) is 76.8 Å². The van der Waals surface area contributed by atoms with Gasteiger partial charge in [0.1, 0.15) is 0 Å². The molecule has 0 aromatic carbocycles. The van der Waals surface area contributed by atoms with Gasteiger partial charge in [-0.2, -0.15) is 8.75 Å². The van der Waals surface area contributed by atoms with Gasteiger partial charge in [-0.3, -0.25) is 4.79 Å². The van der Waals surface area contributed by atoms with E-state index in [0.29, 0.717) is 12.2 Å². The fourth-order valence-electron chi connectivity index (χ4n) is 2.67. The zero-order valence-electron chi connectivity index (χ0n) is 12.9. The second-order valence-corrected chi connectivity index (χ2v) is 6.21. The molecule has 118 valence electrons. The lowest BCUT2D eigenvalue weighted by molar-refractivity contribution is 0.0755. The fourth-order valence-corrected chi connectivity index (χ4v) is 3.22. The van der Waals surface area contributed by atoms with Crippen LogP contribution >= 0.6 is 11.7 Å². The summed E-state index contributed by atoms with van der Waals surface area (Å²) >= 11 is 1.19. The summed E-state index contributed by atoms with van der Waals surface area (Å²) < 4.78 is 10.1. The molecule has 1 aliphatic rings. The van der Waals surface area contributed by atoms with Crippen LogP contribution in [0.3, 0.4) is 0 Å². The Morgan fingerprint density at radius 2 is 1.86 bits per heavy atom. The van der Waals surface area contributed by atoms with Gasteiger partial charge in [0.2, 0.25) is 0 Å². The predicted octanol–water partition coefficient (Wildman–Crippen LogP) is 1.81. The van der Waals surface area contributed by atoms with Crippen molar-refractivity contribution in [2.24, 2.45) is 0 Å². The molecule has 0 aliphatic carbocycles. The molecule has 7 nitrogen and oxygen atoms in total. The van der Waals surface area contributed by atoms with Crippen molar-refractivity contribution in [3.8, 4) is 0 Å². The molecule has 8 heteroatoms. The highest BCUT2D eigenvalue weighted by atomic mass is 32.1. The van der Waals surface area contributed by atoms with Crippen molar-refractivity contribution in [3.63, 3.8) is 0 Å². The Kier molecular flexibility index (Phi) is 4.47. The number of rotatable bonds is 3. The third-order valence-corrected chi connectivity index (χ3v) is 4.78. The largest absolute Gasteiger partial charge is 0.337 e. The molecular weight excluding hydrogens is 300 g/mol. The van der Waals surface area contributed by atoms with Gasteiger partial charge in [0.25, 0.3) is 5.91 Å². The SMILES string of the molecule is Cc1nsnc1Cn1nnc(C(=O)N2CCCCCC2)c1C. The van der Waals surface area contributed by atoms with Gasteiger partial charge in [0, 0.05) is 13.1 Å². The van der Waals surface area contributed by atoms with Crippen LogP contribution in [0.1, 0.15) is 53.3 Å². The highest BCUT2D eigenvalue weighted by Gasteiger charge is 2.23. The molecule has 1 aliphatic heterocycles. The summed E-state index contributed by atoms with van der Waals surface area (Å²) in [7, 11) is 0. The third-order valence-electron chi connectivity index (χ3n) is 4.12. The van der Waals surface area contributed by atoms with Gasteiger partial charge in [0.05, 0.1) is 35.4 Å². The van der Waals surface area contributed by atoms with Crippen LogP contribution in [-0.2, 0) is 6.54 Å². The number of likely N-dealkylation sites (tertiary alicyclic amines) is 1. The second-order valence-electron chi connectivity index (χ2n) is 5.68. The Hall–Kier alpha value is -1.83. The number of aromatic nitrogens is 5. The van der Waals surface area contributed by atoms with Crippen LogP contribution in [0.15, 0.2) is 0 Å². The van der Waals surface area contributed by atoms with Crippen LogP contribution in [0.5, 0.6) is 0 Å². The fraction of sp³-hybridized carbons (Fsp3) is 0.643. The van der Waals surface area contributed by atoms with Crippen molar-refractivity contribution in [1.82, 2.24) is 28.6 Å². The van der Waals surface area contributed by atoms with Gasteiger partial charge in [-0.15, -0.1) is 5.10 Å². The van der Waals surface area contributed by atoms with E-state index < -0.39 is 0 Å². The van der Waals surface area contributed by atoms with Gasteiger partial charge in [-0.25, -0.2) is 4.68 Å². The molecule has 22 heavy (non-hydrogen) atoms. The van der Waals surface area contributed by atoms with Crippen molar-refractivity contribution in [2.75, 3.05) is 13.1 Å². The maximum absolute atomic E-state index is 12.6. The first-order valence-electron chi connectivity index (χ1n) is 7.64. The molecule has 0 bridgehead atoms. The molecule has 2 aromatic rings.